The fourth-order valence-electron chi connectivity index (χ4n) is 2.71. The number of piperidine rings is 1. The van der Waals surface area contributed by atoms with E-state index < -0.39 is 0 Å². The molecule has 1 amide bonds. The molecule has 3 nitrogen and oxygen atoms in total. The van der Waals surface area contributed by atoms with Crippen molar-refractivity contribution in [3.63, 3.8) is 0 Å². The van der Waals surface area contributed by atoms with Gasteiger partial charge in [-0.05, 0) is 38.8 Å². The average Bonchev–Trinajstić information content (AvgIpc) is 2.40. The third kappa shape index (κ3) is 4.50. The lowest BCUT2D eigenvalue weighted by Gasteiger charge is -2.30. The first-order valence-corrected chi connectivity index (χ1v) is 7.10. The number of hydrogen-bond acceptors (Lipinski definition) is 2. The van der Waals surface area contributed by atoms with Gasteiger partial charge < -0.3 is 10.2 Å². The number of rotatable bonds is 3. The van der Waals surface area contributed by atoms with E-state index in [1.165, 1.54) is 11.1 Å². The van der Waals surface area contributed by atoms with Gasteiger partial charge >= 0.3 is 0 Å². The van der Waals surface area contributed by atoms with Crippen LogP contribution in [-0.4, -0.2) is 30.4 Å². The largest absolute Gasteiger partial charge is 0.341 e. The predicted octanol–water partition coefficient (Wildman–Crippen LogP) is 2.76. The Hall–Kier alpha value is -1.06. The van der Waals surface area contributed by atoms with Crippen molar-refractivity contribution in [3.05, 3.63) is 35.4 Å². The monoisotopic (exact) mass is 296 g/mol. The number of carbonyl (C=O) groups is 1. The molecular weight excluding hydrogens is 272 g/mol. The molecule has 1 fully saturated rings. The number of nitrogens with zero attached hydrogens (tertiary/aromatic N) is 1. The van der Waals surface area contributed by atoms with Gasteiger partial charge in [-0.2, -0.15) is 0 Å². The predicted molar refractivity (Wildman–Crippen MR) is 85.1 cm³/mol. The van der Waals surface area contributed by atoms with Gasteiger partial charge in [-0.1, -0.05) is 29.8 Å². The molecule has 0 aliphatic carbocycles. The summed E-state index contributed by atoms with van der Waals surface area (Å²) < 4.78 is 0. The van der Waals surface area contributed by atoms with Crippen molar-refractivity contribution in [2.24, 2.45) is 5.92 Å². The Balaban J connectivity index is 0.00000200. The number of benzene rings is 1. The topological polar surface area (TPSA) is 32.3 Å². The van der Waals surface area contributed by atoms with Crippen molar-refractivity contribution in [1.29, 1.82) is 0 Å². The van der Waals surface area contributed by atoms with E-state index in [4.69, 9.17) is 0 Å². The highest BCUT2D eigenvalue weighted by atomic mass is 35.5. The second-order valence-corrected chi connectivity index (χ2v) is 5.76. The van der Waals surface area contributed by atoms with Gasteiger partial charge in [-0.25, -0.2) is 0 Å². The Morgan fingerprint density at radius 3 is 2.60 bits per heavy atom. The molecule has 0 bridgehead atoms. The van der Waals surface area contributed by atoms with E-state index in [9.17, 15) is 4.79 Å². The van der Waals surface area contributed by atoms with Gasteiger partial charge in [0.1, 0.15) is 0 Å². The van der Waals surface area contributed by atoms with Gasteiger partial charge in [0.2, 0.25) is 5.91 Å². The van der Waals surface area contributed by atoms with Crippen LogP contribution in [0.25, 0.3) is 0 Å². The third-order valence-corrected chi connectivity index (χ3v) is 3.89. The lowest BCUT2D eigenvalue weighted by atomic mass is 9.92. The second-order valence-electron chi connectivity index (χ2n) is 5.76. The molecule has 1 aromatic carbocycles. The Bertz CT molecular complexity index is 433. The SMILES string of the molecule is Cc1ccc(CN(C)C(=O)[C@H]2CCN[C@@H](C)C2)cc1.Cl. The van der Waals surface area contributed by atoms with E-state index in [-0.39, 0.29) is 24.2 Å². The van der Waals surface area contributed by atoms with Crippen LogP contribution in [0, 0.1) is 12.8 Å². The summed E-state index contributed by atoms with van der Waals surface area (Å²) in [5.41, 5.74) is 2.45. The Kier molecular flexibility index (Phi) is 6.50. The van der Waals surface area contributed by atoms with E-state index in [0.29, 0.717) is 12.6 Å². The van der Waals surface area contributed by atoms with Crippen molar-refractivity contribution >= 4 is 18.3 Å². The highest BCUT2D eigenvalue weighted by Crippen LogP contribution is 2.19. The Morgan fingerprint density at radius 2 is 2.00 bits per heavy atom. The average molecular weight is 297 g/mol. The summed E-state index contributed by atoms with van der Waals surface area (Å²) in [6, 6.07) is 8.85. The van der Waals surface area contributed by atoms with Gasteiger partial charge in [-0.3, -0.25) is 4.79 Å². The molecule has 20 heavy (non-hydrogen) atoms. The number of carbonyl (C=O) groups excluding carboxylic acids is 1. The molecular formula is C16H25ClN2O. The zero-order valence-electron chi connectivity index (χ0n) is 12.6. The summed E-state index contributed by atoms with van der Waals surface area (Å²) in [7, 11) is 1.91. The van der Waals surface area contributed by atoms with Crippen LogP contribution in [0.2, 0.25) is 0 Å². The molecule has 1 aliphatic heterocycles. The number of hydrogen-bond donors (Lipinski definition) is 1. The van der Waals surface area contributed by atoms with Crippen LogP contribution in [-0.2, 0) is 11.3 Å². The molecule has 1 N–H and O–H groups in total. The quantitative estimate of drug-likeness (QED) is 0.930. The summed E-state index contributed by atoms with van der Waals surface area (Å²) in [6.07, 6.45) is 1.92. The zero-order valence-corrected chi connectivity index (χ0v) is 13.4. The van der Waals surface area contributed by atoms with E-state index in [1.807, 2.05) is 11.9 Å². The summed E-state index contributed by atoms with van der Waals surface area (Å²) in [6.45, 7) is 5.89. The first-order valence-electron chi connectivity index (χ1n) is 7.10. The third-order valence-electron chi connectivity index (χ3n) is 3.89. The molecule has 0 saturated carbocycles. The van der Waals surface area contributed by atoms with E-state index in [1.54, 1.807) is 0 Å². The second kappa shape index (κ2) is 7.65. The van der Waals surface area contributed by atoms with Crippen molar-refractivity contribution in [1.82, 2.24) is 10.2 Å². The molecule has 1 heterocycles. The summed E-state index contributed by atoms with van der Waals surface area (Å²) in [4.78, 5) is 14.3. The normalized spacial score (nSPS) is 21.9. The number of amides is 1. The first-order chi connectivity index (χ1) is 9.06. The van der Waals surface area contributed by atoms with Gasteiger partial charge in [0.05, 0.1) is 0 Å². The summed E-state index contributed by atoms with van der Waals surface area (Å²) in [5, 5.41) is 3.39. The lowest BCUT2D eigenvalue weighted by Crippen LogP contribution is -2.42. The number of aryl methyl sites for hydroxylation is 1. The highest BCUT2D eigenvalue weighted by Gasteiger charge is 2.26. The maximum Gasteiger partial charge on any atom is 0.225 e. The Labute approximate surface area is 128 Å². The Morgan fingerprint density at radius 1 is 1.35 bits per heavy atom. The molecule has 1 aromatic rings. The van der Waals surface area contributed by atoms with Gasteiger partial charge in [0.25, 0.3) is 0 Å². The minimum atomic E-state index is 0. The summed E-state index contributed by atoms with van der Waals surface area (Å²) in [5.74, 6) is 0.473. The standard InChI is InChI=1S/C16H24N2O.ClH/c1-12-4-6-14(7-5-12)11-18(3)16(19)15-8-9-17-13(2)10-15;/h4-7,13,15,17H,8-11H2,1-3H3;1H/t13-,15-;/m0./s1. The fourth-order valence-corrected chi connectivity index (χ4v) is 2.71. The van der Waals surface area contributed by atoms with Crippen molar-refractivity contribution in [3.8, 4) is 0 Å². The molecule has 0 unspecified atom stereocenters. The van der Waals surface area contributed by atoms with Crippen LogP contribution in [0.4, 0.5) is 0 Å². The molecule has 1 saturated heterocycles. The van der Waals surface area contributed by atoms with Crippen molar-refractivity contribution < 1.29 is 4.79 Å². The molecule has 4 heteroatoms. The lowest BCUT2D eigenvalue weighted by molar-refractivity contribution is -0.135. The highest BCUT2D eigenvalue weighted by molar-refractivity contribution is 5.85. The molecule has 112 valence electrons. The van der Waals surface area contributed by atoms with Crippen LogP contribution in [0.3, 0.4) is 0 Å². The smallest absolute Gasteiger partial charge is 0.225 e. The van der Waals surface area contributed by atoms with E-state index in [2.05, 4.69) is 43.4 Å². The number of nitrogens with one attached hydrogen (secondary N) is 1. The van der Waals surface area contributed by atoms with E-state index >= 15 is 0 Å². The van der Waals surface area contributed by atoms with Crippen LogP contribution in [0.15, 0.2) is 24.3 Å². The van der Waals surface area contributed by atoms with Gasteiger partial charge in [-0.15, -0.1) is 12.4 Å². The van der Waals surface area contributed by atoms with Crippen molar-refractivity contribution in [2.75, 3.05) is 13.6 Å². The maximum absolute atomic E-state index is 12.4. The first kappa shape index (κ1) is 17.0. The maximum atomic E-state index is 12.4. The van der Waals surface area contributed by atoms with Crippen LogP contribution in [0.1, 0.15) is 30.9 Å². The minimum absolute atomic E-state index is 0. The van der Waals surface area contributed by atoms with Crippen LogP contribution < -0.4 is 5.32 Å². The molecule has 0 radical (unpaired) electrons. The van der Waals surface area contributed by atoms with Crippen molar-refractivity contribution in [2.45, 2.75) is 39.3 Å². The van der Waals surface area contributed by atoms with Gasteiger partial charge in [0.15, 0.2) is 0 Å². The zero-order chi connectivity index (χ0) is 13.8. The summed E-state index contributed by atoms with van der Waals surface area (Å²) >= 11 is 0. The molecule has 0 aromatic heterocycles. The van der Waals surface area contributed by atoms with Crippen LogP contribution >= 0.6 is 12.4 Å². The molecule has 1 aliphatic rings. The minimum Gasteiger partial charge on any atom is -0.341 e. The van der Waals surface area contributed by atoms with Gasteiger partial charge in [0, 0.05) is 25.6 Å². The van der Waals surface area contributed by atoms with Crippen LogP contribution in [0.5, 0.6) is 0 Å². The molecule has 2 rings (SSSR count). The van der Waals surface area contributed by atoms with E-state index in [0.717, 1.165) is 19.4 Å². The fraction of sp³-hybridized carbons (Fsp3) is 0.562. The molecule has 0 spiro atoms. The molecule has 2 atom stereocenters. The number of halogens is 1.